The number of phenolic OH excluding ortho intramolecular Hbond substituents is 1. The number of phenols is 1. The van der Waals surface area contributed by atoms with Gasteiger partial charge in [0.2, 0.25) is 5.91 Å². The number of benzene rings is 1. The van der Waals surface area contributed by atoms with Crippen LogP contribution >= 0.6 is 0 Å². The Morgan fingerprint density at radius 1 is 1.33 bits per heavy atom. The van der Waals surface area contributed by atoms with Gasteiger partial charge in [-0.25, -0.2) is 0 Å². The first-order chi connectivity index (χ1) is 7.09. The molecule has 1 amide bonds. The first kappa shape index (κ1) is 9.83. The van der Waals surface area contributed by atoms with Crippen LogP contribution in [0.4, 0.5) is 5.69 Å². The van der Waals surface area contributed by atoms with Crippen molar-refractivity contribution in [3.8, 4) is 5.75 Å². The molecule has 1 aromatic carbocycles. The highest BCUT2D eigenvalue weighted by Crippen LogP contribution is 2.27. The Hall–Kier alpha value is -1.71. The van der Waals surface area contributed by atoms with Crippen LogP contribution in [0.5, 0.6) is 5.75 Å². The van der Waals surface area contributed by atoms with Gasteiger partial charge in [-0.15, -0.1) is 0 Å². The van der Waals surface area contributed by atoms with Crippen LogP contribution in [0.15, 0.2) is 24.3 Å². The number of amides is 1. The third-order valence-corrected chi connectivity index (χ3v) is 2.69. The molecular formula is C11H14N2O2. The minimum Gasteiger partial charge on any atom is -0.508 e. The second-order valence-corrected chi connectivity index (χ2v) is 3.83. The molecule has 1 heterocycles. The lowest BCUT2D eigenvalue weighted by Gasteiger charge is -2.29. The van der Waals surface area contributed by atoms with Crippen LogP contribution in [0.1, 0.15) is 13.3 Å². The van der Waals surface area contributed by atoms with Gasteiger partial charge < -0.3 is 5.11 Å². The molecule has 0 bridgehead atoms. The second-order valence-electron chi connectivity index (χ2n) is 3.83. The van der Waals surface area contributed by atoms with Crippen molar-refractivity contribution in [3.63, 3.8) is 0 Å². The summed E-state index contributed by atoms with van der Waals surface area (Å²) in [7, 11) is 1.76. The van der Waals surface area contributed by atoms with Crippen LogP contribution in [0.25, 0.3) is 0 Å². The predicted molar refractivity (Wildman–Crippen MR) is 57.4 cm³/mol. The fourth-order valence-electron chi connectivity index (χ4n) is 1.92. The summed E-state index contributed by atoms with van der Waals surface area (Å²) in [6.45, 7) is 2.01. The summed E-state index contributed by atoms with van der Waals surface area (Å²) >= 11 is 0. The predicted octanol–water partition coefficient (Wildman–Crippen LogP) is 1.36. The lowest BCUT2D eigenvalue weighted by Crippen LogP contribution is -2.38. The molecule has 0 aliphatic carbocycles. The third-order valence-electron chi connectivity index (χ3n) is 2.69. The third kappa shape index (κ3) is 1.63. The Morgan fingerprint density at radius 2 is 1.93 bits per heavy atom. The van der Waals surface area contributed by atoms with E-state index in [1.807, 2.05) is 11.9 Å². The highest BCUT2D eigenvalue weighted by molar-refractivity contribution is 5.82. The topological polar surface area (TPSA) is 43.8 Å². The molecule has 15 heavy (non-hydrogen) atoms. The number of hydrogen-bond donors (Lipinski definition) is 1. The standard InChI is InChI=1S/C11H14N2O2/c1-8-7-11(15)12(2)13(8)9-3-5-10(14)6-4-9/h3-6,8,14H,7H2,1-2H3. The molecule has 1 aromatic rings. The van der Waals surface area contributed by atoms with Gasteiger partial charge in [0.25, 0.3) is 0 Å². The number of nitrogens with zero attached hydrogens (tertiary/aromatic N) is 2. The Morgan fingerprint density at radius 3 is 2.40 bits per heavy atom. The van der Waals surface area contributed by atoms with Gasteiger partial charge in [0.15, 0.2) is 0 Å². The maximum absolute atomic E-state index is 11.5. The van der Waals surface area contributed by atoms with E-state index in [9.17, 15) is 9.90 Å². The minimum atomic E-state index is 0.121. The van der Waals surface area contributed by atoms with E-state index < -0.39 is 0 Å². The molecule has 80 valence electrons. The molecule has 1 saturated heterocycles. The molecule has 1 atom stereocenters. The fraction of sp³-hybridized carbons (Fsp3) is 0.364. The van der Waals surface area contributed by atoms with Gasteiger partial charge in [-0.3, -0.25) is 14.8 Å². The second kappa shape index (κ2) is 3.46. The normalized spacial score (nSPS) is 21.2. The van der Waals surface area contributed by atoms with Crippen molar-refractivity contribution >= 4 is 11.6 Å². The average molecular weight is 206 g/mol. The zero-order valence-electron chi connectivity index (χ0n) is 8.84. The Kier molecular flexibility index (Phi) is 2.26. The lowest BCUT2D eigenvalue weighted by atomic mass is 10.2. The maximum atomic E-state index is 11.5. The molecule has 2 rings (SSSR count). The fourth-order valence-corrected chi connectivity index (χ4v) is 1.92. The molecule has 4 nitrogen and oxygen atoms in total. The van der Waals surface area contributed by atoms with Crippen LogP contribution in [0.2, 0.25) is 0 Å². The summed E-state index contributed by atoms with van der Waals surface area (Å²) in [6.07, 6.45) is 0.539. The first-order valence-corrected chi connectivity index (χ1v) is 4.94. The molecule has 1 aliphatic rings. The quantitative estimate of drug-likeness (QED) is 0.754. The summed E-state index contributed by atoms with van der Waals surface area (Å²) in [5.41, 5.74) is 0.925. The maximum Gasteiger partial charge on any atom is 0.242 e. The van der Waals surface area contributed by atoms with Crippen molar-refractivity contribution in [2.24, 2.45) is 0 Å². The molecule has 0 spiro atoms. The van der Waals surface area contributed by atoms with Crippen molar-refractivity contribution in [1.29, 1.82) is 0 Å². The highest BCUT2D eigenvalue weighted by Gasteiger charge is 2.32. The van der Waals surface area contributed by atoms with Crippen LogP contribution < -0.4 is 5.01 Å². The summed E-state index contributed by atoms with van der Waals surface area (Å²) < 4.78 is 0. The first-order valence-electron chi connectivity index (χ1n) is 4.94. The van der Waals surface area contributed by atoms with E-state index in [2.05, 4.69) is 0 Å². The van der Waals surface area contributed by atoms with Crippen molar-refractivity contribution < 1.29 is 9.90 Å². The van der Waals surface area contributed by atoms with E-state index >= 15 is 0 Å². The molecule has 0 radical (unpaired) electrons. The number of aromatic hydroxyl groups is 1. The minimum absolute atomic E-state index is 0.121. The van der Waals surface area contributed by atoms with Crippen molar-refractivity contribution in [2.75, 3.05) is 12.1 Å². The van der Waals surface area contributed by atoms with Gasteiger partial charge in [-0.1, -0.05) is 0 Å². The largest absolute Gasteiger partial charge is 0.508 e. The van der Waals surface area contributed by atoms with E-state index in [1.165, 1.54) is 0 Å². The van der Waals surface area contributed by atoms with E-state index in [4.69, 9.17) is 0 Å². The zero-order chi connectivity index (χ0) is 11.0. The Bertz CT molecular complexity index is 375. The number of carbonyl (C=O) groups excluding carboxylic acids is 1. The number of carbonyl (C=O) groups is 1. The highest BCUT2D eigenvalue weighted by atomic mass is 16.3. The van der Waals surface area contributed by atoms with Crippen LogP contribution in [-0.4, -0.2) is 29.1 Å². The van der Waals surface area contributed by atoms with Crippen molar-refractivity contribution in [3.05, 3.63) is 24.3 Å². The van der Waals surface area contributed by atoms with E-state index in [-0.39, 0.29) is 17.7 Å². The van der Waals surface area contributed by atoms with Crippen molar-refractivity contribution in [2.45, 2.75) is 19.4 Å². The Balaban J connectivity index is 2.30. The van der Waals surface area contributed by atoms with E-state index in [0.29, 0.717) is 6.42 Å². The molecule has 1 aliphatic heterocycles. The molecule has 1 N–H and O–H groups in total. The number of anilines is 1. The Labute approximate surface area is 88.7 Å². The van der Waals surface area contributed by atoms with Crippen molar-refractivity contribution in [1.82, 2.24) is 5.01 Å². The molecule has 1 unspecified atom stereocenters. The lowest BCUT2D eigenvalue weighted by molar-refractivity contribution is -0.126. The van der Waals surface area contributed by atoms with Crippen LogP contribution in [0.3, 0.4) is 0 Å². The number of hydrazine groups is 1. The van der Waals surface area contributed by atoms with Gasteiger partial charge in [-0.05, 0) is 31.2 Å². The molecule has 1 fully saturated rings. The summed E-state index contributed by atoms with van der Waals surface area (Å²) in [4.78, 5) is 11.5. The van der Waals surface area contributed by atoms with Gasteiger partial charge in [0.05, 0.1) is 18.2 Å². The number of rotatable bonds is 1. The summed E-state index contributed by atoms with van der Waals surface area (Å²) in [5.74, 6) is 0.357. The monoisotopic (exact) mass is 206 g/mol. The number of hydrogen-bond acceptors (Lipinski definition) is 3. The molecule has 4 heteroatoms. The van der Waals surface area contributed by atoms with Gasteiger partial charge >= 0.3 is 0 Å². The van der Waals surface area contributed by atoms with E-state index in [1.54, 1.807) is 36.3 Å². The zero-order valence-corrected chi connectivity index (χ0v) is 8.84. The van der Waals surface area contributed by atoms with Gasteiger partial charge in [0.1, 0.15) is 5.75 Å². The molecule has 0 saturated carbocycles. The van der Waals surface area contributed by atoms with Crippen LogP contribution in [-0.2, 0) is 4.79 Å². The van der Waals surface area contributed by atoms with E-state index in [0.717, 1.165) is 5.69 Å². The smallest absolute Gasteiger partial charge is 0.242 e. The summed E-state index contributed by atoms with van der Waals surface area (Å²) in [6, 6.07) is 7.03. The SMILES string of the molecule is CC1CC(=O)N(C)N1c1ccc(O)cc1. The van der Waals surface area contributed by atoms with Gasteiger partial charge in [-0.2, -0.15) is 0 Å². The average Bonchev–Trinajstić information content (AvgIpc) is 2.44. The molecular weight excluding hydrogens is 192 g/mol. The van der Waals surface area contributed by atoms with Gasteiger partial charge in [0, 0.05) is 7.05 Å². The van der Waals surface area contributed by atoms with Crippen LogP contribution in [0, 0.1) is 0 Å². The summed E-state index contributed by atoms with van der Waals surface area (Å²) in [5, 5.41) is 12.7. The molecule has 0 aromatic heterocycles.